The van der Waals surface area contributed by atoms with E-state index in [0.717, 1.165) is 32.6 Å². The maximum atomic E-state index is 5.81. The molecule has 0 amide bonds. The van der Waals surface area contributed by atoms with Crippen molar-refractivity contribution in [3.63, 3.8) is 0 Å². The number of nitrogens with zero attached hydrogens (tertiary/aromatic N) is 2. The number of pyridine rings is 1. The largest absolute Gasteiger partial charge is 0.325 e. The van der Waals surface area contributed by atoms with Crippen molar-refractivity contribution >= 4 is 15.9 Å². The number of aromatic nitrogens is 3. The van der Waals surface area contributed by atoms with Gasteiger partial charge in [0.15, 0.2) is 0 Å². The van der Waals surface area contributed by atoms with Crippen LogP contribution in [-0.4, -0.2) is 15.2 Å². The van der Waals surface area contributed by atoms with Gasteiger partial charge in [-0.05, 0) is 29.8 Å². The van der Waals surface area contributed by atoms with E-state index in [4.69, 9.17) is 5.73 Å². The fraction of sp³-hybridized carbons (Fsp3) is 0.0667. The molecule has 0 fully saturated rings. The van der Waals surface area contributed by atoms with Crippen LogP contribution in [0.1, 0.15) is 5.69 Å². The zero-order chi connectivity index (χ0) is 13.9. The normalized spacial score (nSPS) is 10.7. The first-order chi connectivity index (χ1) is 9.79. The van der Waals surface area contributed by atoms with Gasteiger partial charge in [0, 0.05) is 34.5 Å². The third-order valence-electron chi connectivity index (χ3n) is 3.13. The predicted molar refractivity (Wildman–Crippen MR) is 82.8 cm³/mol. The second-order valence-electron chi connectivity index (χ2n) is 4.37. The Kier molecular flexibility index (Phi) is 3.62. The number of hydrogen-bond donors (Lipinski definition) is 2. The minimum absolute atomic E-state index is 0.418. The van der Waals surface area contributed by atoms with E-state index in [1.807, 2.05) is 36.4 Å². The Bertz CT molecular complexity index is 704. The van der Waals surface area contributed by atoms with Crippen LogP contribution in [0.2, 0.25) is 0 Å². The fourth-order valence-corrected chi connectivity index (χ4v) is 2.44. The monoisotopic (exact) mass is 328 g/mol. The third-order valence-corrected chi connectivity index (χ3v) is 3.66. The van der Waals surface area contributed by atoms with E-state index in [-0.39, 0.29) is 0 Å². The first-order valence-corrected chi connectivity index (χ1v) is 7.02. The van der Waals surface area contributed by atoms with E-state index in [9.17, 15) is 0 Å². The molecule has 3 N–H and O–H groups in total. The Balaban J connectivity index is 2.17. The lowest BCUT2D eigenvalue weighted by Crippen LogP contribution is -1.98. The molecule has 3 aromatic rings. The number of H-pyrrole nitrogens is 1. The highest BCUT2D eigenvalue weighted by Crippen LogP contribution is 2.33. The van der Waals surface area contributed by atoms with Gasteiger partial charge < -0.3 is 5.73 Å². The van der Waals surface area contributed by atoms with Gasteiger partial charge in [0.05, 0.1) is 5.69 Å². The number of nitrogens with one attached hydrogen (secondary N) is 1. The summed E-state index contributed by atoms with van der Waals surface area (Å²) in [4.78, 5) is 4.06. The number of hydrogen-bond acceptors (Lipinski definition) is 3. The third kappa shape index (κ3) is 2.37. The average Bonchev–Trinajstić information content (AvgIpc) is 2.93. The Morgan fingerprint density at radius 1 is 1.00 bits per heavy atom. The molecule has 0 unspecified atom stereocenters. The Morgan fingerprint density at radius 3 is 2.35 bits per heavy atom. The van der Waals surface area contributed by atoms with Crippen molar-refractivity contribution in [3.8, 4) is 22.4 Å². The van der Waals surface area contributed by atoms with E-state index in [0.29, 0.717) is 6.54 Å². The number of nitrogens with two attached hydrogens (primary N) is 1. The average molecular weight is 329 g/mol. The van der Waals surface area contributed by atoms with Crippen molar-refractivity contribution in [1.29, 1.82) is 0 Å². The second kappa shape index (κ2) is 5.56. The van der Waals surface area contributed by atoms with E-state index in [1.165, 1.54) is 0 Å². The molecule has 0 spiro atoms. The predicted octanol–water partition coefficient (Wildman–Crippen LogP) is 3.36. The van der Waals surface area contributed by atoms with Gasteiger partial charge in [-0.1, -0.05) is 28.1 Å². The van der Waals surface area contributed by atoms with Gasteiger partial charge in [-0.2, -0.15) is 5.10 Å². The van der Waals surface area contributed by atoms with Crippen LogP contribution in [0.5, 0.6) is 0 Å². The lowest BCUT2D eigenvalue weighted by atomic mass is 10.00. The van der Waals surface area contributed by atoms with Gasteiger partial charge in [-0.25, -0.2) is 0 Å². The van der Waals surface area contributed by atoms with Gasteiger partial charge in [-0.15, -0.1) is 0 Å². The van der Waals surface area contributed by atoms with Gasteiger partial charge in [0.25, 0.3) is 0 Å². The van der Waals surface area contributed by atoms with Crippen molar-refractivity contribution in [2.75, 3.05) is 0 Å². The molecule has 5 heteroatoms. The molecule has 0 atom stereocenters. The zero-order valence-electron chi connectivity index (χ0n) is 10.7. The van der Waals surface area contributed by atoms with Crippen LogP contribution in [0.25, 0.3) is 22.4 Å². The highest BCUT2D eigenvalue weighted by molar-refractivity contribution is 9.10. The Hall–Kier alpha value is -1.98. The summed E-state index contributed by atoms with van der Waals surface area (Å²) in [5, 5.41) is 7.45. The molecule has 4 nitrogen and oxygen atoms in total. The summed E-state index contributed by atoms with van der Waals surface area (Å²) in [5.74, 6) is 0. The maximum absolute atomic E-state index is 5.81. The smallest absolute Gasteiger partial charge is 0.100 e. The molecule has 0 aliphatic rings. The van der Waals surface area contributed by atoms with E-state index in [1.54, 1.807) is 12.4 Å². The van der Waals surface area contributed by atoms with Crippen molar-refractivity contribution in [2.45, 2.75) is 6.54 Å². The number of halogens is 1. The molecule has 20 heavy (non-hydrogen) atoms. The maximum Gasteiger partial charge on any atom is 0.100 e. The van der Waals surface area contributed by atoms with Gasteiger partial charge in [0.1, 0.15) is 5.69 Å². The summed E-state index contributed by atoms with van der Waals surface area (Å²) in [6, 6.07) is 12.0. The van der Waals surface area contributed by atoms with Crippen molar-refractivity contribution in [2.24, 2.45) is 5.73 Å². The van der Waals surface area contributed by atoms with E-state index >= 15 is 0 Å². The van der Waals surface area contributed by atoms with Crippen LogP contribution in [0, 0.1) is 0 Å². The molecule has 3 rings (SSSR count). The van der Waals surface area contributed by atoms with Crippen molar-refractivity contribution in [3.05, 3.63) is 59.0 Å². The number of benzene rings is 1. The fourth-order valence-electron chi connectivity index (χ4n) is 2.17. The Labute approximate surface area is 125 Å². The van der Waals surface area contributed by atoms with Gasteiger partial charge >= 0.3 is 0 Å². The Morgan fingerprint density at radius 2 is 1.70 bits per heavy atom. The standard InChI is InChI=1S/C15H13BrN4/c16-12-3-1-11(2-4-12)15-14(13(9-17)19-20-15)10-5-7-18-8-6-10/h1-8H,9,17H2,(H,19,20). The second-order valence-corrected chi connectivity index (χ2v) is 5.29. The minimum Gasteiger partial charge on any atom is -0.325 e. The summed E-state index contributed by atoms with van der Waals surface area (Å²) in [7, 11) is 0. The number of rotatable bonds is 3. The lowest BCUT2D eigenvalue weighted by Gasteiger charge is -2.05. The highest BCUT2D eigenvalue weighted by Gasteiger charge is 2.15. The highest BCUT2D eigenvalue weighted by atomic mass is 79.9. The topological polar surface area (TPSA) is 67.6 Å². The van der Waals surface area contributed by atoms with Crippen molar-refractivity contribution in [1.82, 2.24) is 15.2 Å². The summed E-state index contributed by atoms with van der Waals surface area (Å²) < 4.78 is 1.04. The molecule has 0 saturated carbocycles. The van der Waals surface area contributed by atoms with Crippen LogP contribution >= 0.6 is 15.9 Å². The molecule has 2 aromatic heterocycles. The minimum atomic E-state index is 0.418. The SMILES string of the molecule is NCc1[nH]nc(-c2ccc(Br)cc2)c1-c1ccncc1. The molecule has 0 aliphatic carbocycles. The summed E-state index contributed by atoms with van der Waals surface area (Å²) >= 11 is 3.44. The molecule has 0 saturated heterocycles. The van der Waals surface area contributed by atoms with Crippen LogP contribution in [-0.2, 0) is 6.54 Å². The first-order valence-electron chi connectivity index (χ1n) is 6.23. The molecule has 1 aromatic carbocycles. The zero-order valence-corrected chi connectivity index (χ0v) is 12.3. The van der Waals surface area contributed by atoms with E-state index in [2.05, 4.69) is 31.1 Å². The molecule has 0 radical (unpaired) electrons. The van der Waals surface area contributed by atoms with Crippen LogP contribution in [0.3, 0.4) is 0 Å². The van der Waals surface area contributed by atoms with Crippen LogP contribution in [0.15, 0.2) is 53.3 Å². The summed E-state index contributed by atoms with van der Waals surface area (Å²) in [6.45, 7) is 0.418. The molecular weight excluding hydrogens is 316 g/mol. The van der Waals surface area contributed by atoms with Crippen LogP contribution in [0.4, 0.5) is 0 Å². The molecular formula is C15H13BrN4. The quantitative estimate of drug-likeness (QED) is 0.774. The summed E-state index contributed by atoms with van der Waals surface area (Å²) in [5.41, 5.74) is 10.8. The van der Waals surface area contributed by atoms with Gasteiger partial charge in [-0.3, -0.25) is 10.1 Å². The van der Waals surface area contributed by atoms with Crippen LogP contribution < -0.4 is 5.73 Å². The van der Waals surface area contributed by atoms with Crippen molar-refractivity contribution < 1.29 is 0 Å². The summed E-state index contributed by atoms with van der Waals surface area (Å²) in [6.07, 6.45) is 3.54. The van der Waals surface area contributed by atoms with E-state index < -0.39 is 0 Å². The lowest BCUT2D eigenvalue weighted by molar-refractivity contribution is 0.949. The number of aromatic amines is 1. The molecule has 0 bridgehead atoms. The molecule has 100 valence electrons. The molecule has 2 heterocycles. The van der Waals surface area contributed by atoms with Gasteiger partial charge in [0.2, 0.25) is 0 Å². The molecule has 0 aliphatic heterocycles. The first kappa shape index (κ1) is 13.0.